The minimum Gasteiger partial charge on any atom is -0.492 e. The molecule has 2 N–H and O–H groups in total. The molecule has 0 heterocycles. The molecule has 0 saturated carbocycles. The third-order valence-electron chi connectivity index (χ3n) is 4.70. The number of amides is 1. The zero-order valence-corrected chi connectivity index (χ0v) is 19.3. The molecule has 0 radical (unpaired) electrons. The number of carbonyl (C=O) groups is 2. The second-order valence-corrected chi connectivity index (χ2v) is 8.36. The van der Waals surface area contributed by atoms with Crippen LogP contribution in [0.1, 0.15) is 34.6 Å². The van der Waals surface area contributed by atoms with E-state index in [2.05, 4.69) is 5.32 Å². The van der Waals surface area contributed by atoms with Gasteiger partial charge in [0, 0.05) is 18.8 Å². The number of carbonyl (C=O) groups excluding carboxylic acids is 1. The lowest BCUT2D eigenvalue weighted by atomic mass is 10.1. The number of hydrogen-bond acceptors (Lipinski definition) is 7. The summed E-state index contributed by atoms with van der Waals surface area (Å²) in [6, 6.07) is 6.79. The highest BCUT2D eigenvalue weighted by Gasteiger charge is 2.33. The molecule has 174 valence electrons. The molecule has 0 fully saturated rings. The van der Waals surface area contributed by atoms with Crippen molar-refractivity contribution in [3.63, 3.8) is 0 Å². The monoisotopic (exact) mass is 466 g/mol. The van der Waals surface area contributed by atoms with Gasteiger partial charge in [0.05, 0.1) is 32.5 Å². The molecule has 2 aromatic rings. The summed E-state index contributed by atoms with van der Waals surface area (Å²) in [5.41, 5.74) is 0.0587. The average molecular weight is 467 g/mol. The van der Waals surface area contributed by atoms with Crippen LogP contribution in [0.5, 0.6) is 17.2 Å². The van der Waals surface area contributed by atoms with Crippen molar-refractivity contribution in [2.75, 3.05) is 39.7 Å². The Morgan fingerprint density at radius 1 is 0.969 bits per heavy atom. The molecular formula is C21H26N2O8S. The summed E-state index contributed by atoms with van der Waals surface area (Å²) >= 11 is 0. The molecular weight excluding hydrogens is 440 g/mol. The molecule has 0 bridgehead atoms. The molecule has 32 heavy (non-hydrogen) atoms. The van der Waals surface area contributed by atoms with E-state index in [-0.39, 0.29) is 52.0 Å². The van der Waals surface area contributed by atoms with Crippen molar-refractivity contribution >= 4 is 27.6 Å². The standard InChI is InChI=1S/C21H26N2O8S/c1-6-23(7-2)32(27,28)16-12-15(17(29-3)19(31-5)18(16)30-4)20(24)22-14-10-8-9-13(11-14)21(25)26/h8-12H,6-7H2,1-5H3,(H,22,24)(H,25,26). The molecule has 0 spiro atoms. The first-order chi connectivity index (χ1) is 15.2. The maximum absolute atomic E-state index is 13.2. The fourth-order valence-electron chi connectivity index (χ4n) is 3.17. The number of hydrogen-bond donors (Lipinski definition) is 2. The van der Waals surface area contributed by atoms with Gasteiger partial charge in [0.25, 0.3) is 5.91 Å². The van der Waals surface area contributed by atoms with E-state index < -0.39 is 21.9 Å². The topological polar surface area (TPSA) is 131 Å². The largest absolute Gasteiger partial charge is 0.492 e. The van der Waals surface area contributed by atoms with Crippen molar-refractivity contribution in [2.45, 2.75) is 18.7 Å². The lowest BCUT2D eigenvalue weighted by Gasteiger charge is -2.23. The van der Waals surface area contributed by atoms with E-state index in [1.807, 2.05) is 0 Å². The average Bonchev–Trinajstić information content (AvgIpc) is 2.77. The summed E-state index contributed by atoms with van der Waals surface area (Å²) in [5.74, 6) is -2.07. The predicted molar refractivity (Wildman–Crippen MR) is 118 cm³/mol. The van der Waals surface area contributed by atoms with Gasteiger partial charge in [-0.15, -0.1) is 0 Å². The highest BCUT2D eigenvalue weighted by atomic mass is 32.2. The van der Waals surface area contributed by atoms with Crippen LogP contribution in [0.3, 0.4) is 0 Å². The Labute approximate surface area is 186 Å². The van der Waals surface area contributed by atoms with Crippen molar-refractivity contribution < 1.29 is 37.3 Å². The number of nitrogens with one attached hydrogen (secondary N) is 1. The van der Waals surface area contributed by atoms with Crippen LogP contribution in [-0.4, -0.2) is 64.1 Å². The van der Waals surface area contributed by atoms with Crippen LogP contribution in [0, 0.1) is 0 Å². The van der Waals surface area contributed by atoms with Crippen LogP contribution in [-0.2, 0) is 10.0 Å². The molecule has 2 aromatic carbocycles. The number of sulfonamides is 1. The van der Waals surface area contributed by atoms with Crippen molar-refractivity contribution in [2.24, 2.45) is 0 Å². The molecule has 0 atom stereocenters. The summed E-state index contributed by atoms with van der Waals surface area (Å²) in [6.45, 7) is 3.80. The number of methoxy groups -OCH3 is 3. The molecule has 0 saturated heterocycles. The van der Waals surface area contributed by atoms with E-state index in [1.54, 1.807) is 13.8 Å². The van der Waals surface area contributed by atoms with Gasteiger partial charge in [0.1, 0.15) is 4.90 Å². The Morgan fingerprint density at radius 2 is 1.56 bits per heavy atom. The number of aromatic carboxylic acids is 1. The number of anilines is 1. The van der Waals surface area contributed by atoms with Gasteiger partial charge in [0.15, 0.2) is 11.5 Å². The van der Waals surface area contributed by atoms with Crippen LogP contribution in [0.4, 0.5) is 5.69 Å². The maximum atomic E-state index is 13.2. The SMILES string of the molecule is CCN(CC)S(=O)(=O)c1cc(C(=O)Nc2cccc(C(=O)O)c2)c(OC)c(OC)c1OC. The van der Waals surface area contributed by atoms with Crippen LogP contribution < -0.4 is 19.5 Å². The number of nitrogens with zero attached hydrogens (tertiary/aromatic N) is 1. The van der Waals surface area contributed by atoms with Gasteiger partial charge in [-0.25, -0.2) is 13.2 Å². The van der Waals surface area contributed by atoms with Gasteiger partial charge in [-0.1, -0.05) is 19.9 Å². The first-order valence-electron chi connectivity index (χ1n) is 9.63. The Hall–Kier alpha value is -3.31. The molecule has 0 aliphatic rings. The summed E-state index contributed by atoms with van der Waals surface area (Å²) in [5, 5.41) is 11.7. The third kappa shape index (κ3) is 4.78. The Kier molecular flexibility index (Phi) is 8.06. The minimum atomic E-state index is -4.03. The van der Waals surface area contributed by atoms with Crippen LogP contribution >= 0.6 is 0 Å². The van der Waals surface area contributed by atoms with Gasteiger partial charge in [-0.3, -0.25) is 4.79 Å². The van der Waals surface area contributed by atoms with Gasteiger partial charge in [-0.2, -0.15) is 4.31 Å². The fourth-order valence-corrected chi connectivity index (χ4v) is 4.81. The van der Waals surface area contributed by atoms with E-state index in [1.165, 1.54) is 49.9 Å². The Balaban J connectivity index is 2.70. The van der Waals surface area contributed by atoms with Crippen LogP contribution in [0.2, 0.25) is 0 Å². The van der Waals surface area contributed by atoms with Gasteiger partial charge >= 0.3 is 5.97 Å². The number of carboxylic acid groups (broad SMARTS) is 1. The van der Waals surface area contributed by atoms with Crippen molar-refractivity contribution in [3.8, 4) is 17.2 Å². The smallest absolute Gasteiger partial charge is 0.335 e. The van der Waals surface area contributed by atoms with E-state index in [9.17, 15) is 18.0 Å². The molecule has 10 nitrogen and oxygen atoms in total. The predicted octanol–water partition coefficient (Wildman–Crippen LogP) is 2.69. The molecule has 0 unspecified atom stereocenters. The summed E-state index contributed by atoms with van der Waals surface area (Å²) in [4.78, 5) is 24.0. The number of ether oxygens (including phenoxy) is 3. The van der Waals surface area contributed by atoms with Crippen LogP contribution in [0.15, 0.2) is 35.2 Å². The van der Waals surface area contributed by atoms with Gasteiger partial charge < -0.3 is 24.6 Å². The van der Waals surface area contributed by atoms with Gasteiger partial charge in [-0.05, 0) is 24.3 Å². The lowest BCUT2D eigenvalue weighted by Crippen LogP contribution is -2.31. The van der Waals surface area contributed by atoms with E-state index >= 15 is 0 Å². The molecule has 0 aliphatic heterocycles. The fraction of sp³-hybridized carbons (Fsp3) is 0.333. The number of rotatable bonds is 10. The van der Waals surface area contributed by atoms with E-state index in [0.717, 1.165) is 6.07 Å². The van der Waals surface area contributed by atoms with Crippen molar-refractivity contribution in [1.29, 1.82) is 0 Å². The molecule has 0 aliphatic carbocycles. The molecule has 0 aromatic heterocycles. The number of carboxylic acids is 1. The first-order valence-corrected chi connectivity index (χ1v) is 11.1. The van der Waals surface area contributed by atoms with Crippen molar-refractivity contribution in [1.82, 2.24) is 4.31 Å². The maximum Gasteiger partial charge on any atom is 0.335 e. The second-order valence-electron chi connectivity index (χ2n) is 6.45. The van der Waals surface area contributed by atoms with E-state index in [4.69, 9.17) is 19.3 Å². The zero-order chi connectivity index (χ0) is 24.1. The lowest BCUT2D eigenvalue weighted by molar-refractivity contribution is 0.0696. The van der Waals surface area contributed by atoms with Gasteiger partial charge in [0.2, 0.25) is 15.8 Å². The highest BCUT2D eigenvalue weighted by Crippen LogP contribution is 2.45. The highest BCUT2D eigenvalue weighted by molar-refractivity contribution is 7.89. The number of benzene rings is 2. The summed E-state index contributed by atoms with van der Waals surface area (Å²) in [6.07, 6.45) is 0. The zero-order valence-electron chi connectivity index (χ0n) is 18.5. The van der Waals surface area contributed by atoms with E-state index in [0.29, 0.717) is 0 Å². The quantitative estimate of drug-likeness (QED) is 0.546. The summed E-state index contributed by atoms with van der Waals surface area (Å²) < 4.78 is 43.7. The molecule has 2 rings (SSSR count). The minimum absolute atomic E-state index is 0.0214. The van der Waals surface area contributed by atoms with Crippen molar-refractivity contribution in [3.05, 3.63) is 41.5 Å². The second kappa shape index (κ2) is 10.3. The summed E-state index contributed by atoms with van der Waals surface area (Å²) in [7, 11) is -0.145. The normalized spacial score (nSPS) is 11.2. The van der Waals surface area contributed by atoms with Crippen LogP contribution in [0.25, 0.3) is 0 Å². The third-order valence-corrected chi connectivity index (χ3v) is 6.76. The Bertz CT molecular complexity index is 1110. The molecule has 1 amide bonds. The molecule has 11 heteroatoms. The first kappa shape index (κ1) is 25.0. The Morgan fingerprint density at radius 3 is 2.06 bits per heavy atom.